The first kappa shape index (κ1) is 23.0. The third kappa shape index (κ3) is 4.61. The maximum Gasteiger partial charge on any atom is 0.257 e. The van der Waals surface area contributed by atoms with Crippen LogP contribution in [0.1, 0.15) is 34.9 Å². The summed E-state index contributed by atoms with van der Waals surface area (Å²) in [6.45, 7) is 1.71. The van der Waals surface area contributed by atoms with E-state index in [-0.39, 0.29) is 18.5 Å². The standard InChI is InChI=1S/C27H29N3O5/c1-32-21-8-6-18(7-9-21)22-15-23(24-5-4-12-35-24)30(28-22)27(31)17-29-11-10-19-13-25(33-2)26(34-3)14-20(19)16-29/h4-9,12-14,23H,10-11,15-17H2,1-3H3/t23-/m0/s1. The van der Waals surface area contributed by atoms with Crippen molar-refractivity contribution < 1.29 is 23.4 Å². The fourth-order valence-corrected chi connectivity index (χ4v) is 4.74. The first-order valence-electron chi connectivity index (χ1n) is 11.6. The molecule has 1 atom stereocenters. The number of hydrazone groups is 1. The molecule has 0 radical (unpaired) electrons. The van der Waals surface area contributed by atoms with E-state index in [1.165, 1.54) is 5.56 Å². The SMILES string of the molecule is COc1ccc(C2=NN(C(=O)CN3CCc4cc(OC)c(OC)cc4C3)[C@H](c3ccco3)C2)cc1. The van der Waals surface area contributed by atoms with Crippen LogP contribution in [0.4, 0.5) is 0 Å². The number of hydrogen-bond donors (Lipinski definition) is 0. The summed E-state index contributed by atoms with van der Waals surface area (Å²) in [7, 11) is 4.92. The molecule has 0 spiro atoms. The number of amides is 1. The van der Waals surface area contributed by atoms with Gasteiger partial charge in [0.15, 0.2) is 11.5 Å². The Morgan fingerprint density at radius 2 is 1.77 bits per heavy atom. The van der Waals surface area contributed by atoms with Crippen LogP contribution in [0, 0.1) is 0 Å². The van der Waals surface area contributed by atoms with Crippen LogP contribution in [0.25, 0.3) is 0 Å². The normalized spacial score (nSPS) is 17.6. The van der Waals surface area contributed by atoms with Crippen molar-refractivity contribution in [2.24, 2.45) is 5.10 Å². The van der Waals surface area contributed by atoms with Crippen molar-refractivity contribution in [1.82, 2.24) is 9.91 Å². The minimum Gasteiger partial charge on any atom is -0.497 e. The summed E-state index contributed by atoms with van der Waals surface area (Å²) in [6.07, 6.45) is 3.06. The summed E-state index contributed by atoms with van der Waals surface area (Å²) in [5.41, 5.74) is 4.18. The maximum absolute atomic E-state index is 13.5. The zero-order chi connectivity index (χ0) is 24.4. The minimum atomic E-state index is -0.268. The fourth-order valence-electron chi connectivity index (χ4n) is 4.74. The average molecular weight is 476 g/mol. The Morgan fingerprint density at radius 3 is 2.43 bits per heavy atom. The monoisotopic (exact) mass is 475 g/mol. The van der Waals surface area contributed by atoms with Crippen LogP contribution < -0.4 is 14.2 Å². The largest absolute Gasteiger partial charge is 0.497 e. The second-order valence-electron chi connectivity index (χ2n) is 8.69. The van der Waals surface area contributed by atoms with Crippen LogP contribution in [0.2, 0.25) is 0 Å². The number of nitrogens with zero attached hydrogens (tertiary/aromatic N) is 3. The van der Waals surface area contributed by atoms with Crippen LogP contribution in [-0.4, -0.2) is 55.9 Å². The number of rotatable bonds is 7. The molecule has 3 heterocycles. The van der Waals surface area contributed by atoms with Crippen LogP contribution >= 0.6 is 0 Å². The highest BCUT2D eigenvalue weighted by Crippen LogP contribution is 2.35. The molecule has 0 saturated carbocycles. The van der Waals surface area contributed by atoms with Crippen molar-refractivity contribution in [2.75, 3.05) is 34.4 Å². The molecule has 182 valence electrons. The molecule has 8 nitrogen and oxygen atoms in total. The third-order valence-corrected chi connectivity index (χ3v) is 6.62. The average Bonchev–Trinajstić information content (AvgIpc) is 3.58. The van der Waals surface area contributed by atoms with E-state index in [1.807, 2.05) is 48.5 Å². The number of hydrogen-bond acceptors (Lipinski definition) is 7. The van der Waals surface area contributed by atoms with Crippen molar-refractivity contribution >= 4 is 11.6 Å². The smallest absolute Gasteiger partial charge is 0.257 e. The van der Waals surface area contributed by atoms with Crippen molar-refractivity contribution in [3.63, 3.8) is 0 Å². The van der Waals surface area contributed by atoms with E-state index in [0.29, 0.717) is 18.7 Å². The molecule has 0 aliphatic carbocycles. The molecular weight excluding hydrogens is 446 g/mol. The zero-order valence-electron chi connectivity index (χ0n) is 20.2. The Balaban J connectivity index is 1.35. The Bertz CT molecular complexity index is 1220. The number of ether oxygens (including phenoxy) is 3. The van der Waals surface area contributed by atoms with E-state index in [1.54, 1.807) is 32.6 Å². The second kappa shape index (κ2) is 9.84. The molecule has 2 aromatic carbocycles. The molecule has 5 rings (SSSR count). The van der Waals surface area contributed by atoms with Gasteiger partial charge in [-0.05, 0) is 71.6 Å². The number of benzene rings is 2. The highest BCUT2D eigenvalue weighted by Gasteiger charge is 2.35. The first-order valence-corrected chi connectivity index (χ1v) is 11.6. The van der Waals surface area contributed by atoms with E-state index in [9.17, 15) is 4.79 Å². The quantitative estimate of drug-likeness (QED) is 0.513. The molecule has 0 N–H and O–H groups in total. The molecule has 2 aliphatic rings. The van der Waals surface area contributed by atoms with E-state index in [2.05, 4.69) is 4.90 Å². The third-order valence-electron chi connectivity index (χ3n) is 6.62. The minimum absolute atomic E-state index is 0.0566. The van der Waals surface area contributed by atoms with E-state index in [0.717, 1.165) is 47.1 Å². The lowest BCUT2D eigenvalue weighted by Crippen LogP contribution is -2.40. The molecule has 3 aromatic rings. The second-order valence-corrected chi connectivity index (χ2v) is 8.69. The summed E-state index contributed by atoms with van der Waals surface area (Å²) in [6, 6.07) is 15.2. The topological polar surface area (TPSA) is 76.7 Å². The fraction of sp³-hybridized carbons (Fsp3) is 0.333. The van der Waals surface area contributed by atoms with Gasteiger partial charge in [0.05, 0.1) is 39.8 Å². The summed E-state index contributed by atoms with van der Waals surface area (Å²) >= 11 is 0. The van der Waals surface area contributed by atoms with Crippen molar-refractivity contribution in [2.45, 2.75) is 25.4 Å². The number of carbonyl (C=O) groups excluding carboxylic acids is 1. The molecule has 1 amide bonds. The Labute approximate surface area is 204 Å². The molecular formula is C27H29N3O5. The summed E-state index contributed by atoms with van der Waals surface area (Å²) in [4.78, 5) is 15.7. The Kier molecular flexibility index (Phi) is 6.46. The molecule has 35 heavy (non-hydrogen) atoms. The van der Waals surface area contributed by atoms with Crippen LogP contribution in [0.3, 0.4) is 0 Å². The number of methoxy groups -OCH3 is 3. The van der Waals surface area contributed by atoms with Gasteiger partial charge in [-0.1, -0.05) is 0 Å². The molecule has 8 heteroatoms. The van der Waals surface area contributed by atoms with Gasteiger partial charge < -0.3 is 18.6 Å². The van der Waals surface area contributed by atoms with Crippen molar-refractivity contribution in [1.29, 1.82) is 0 Å². The Hall–Kier alpha value is -3.78. The molecule has 0 fully saturated rings. The van der Waals surface area contributed by atoms with Gasteiger partial charge in [-0.2, -0.15) is 5.10 Å². The highest BCUT2D eigenvalue weighted by molar-refractivity contribution is 6.03. The highest BCUT2D eigenvalue weighted by atomic mass is 16.5. The summed E-state index contributed by atoms with van der Waals surface area (Å²) in [5, 5.41) is 6.33. The van der Waals surface area contributed by atoms with Gasteiger partial charge in [-0.25, -0.2) is 5.01 Å². The van der Waals surface area contributed by atoms with Crippen LogP contribution in [0.15, 0.2) is 64.3 Å². The molecule has 0 bridgehead atoms. The summed E-state index contributed by atoms with van der Waals surface area (Å²) < 4.78 is 21.9. The number of furan rings is 1. The van der Waals surface area contributed by atoms with Crippen molar-refractivity contribution in [3.8, 4) is 17.2 Å². The van der Waals surface area contributed by atoms with E-state index >= 15 is 0 Å². The van der Waals surface area contributed by atoms with Crippen LogP contribution in [0.5, 0.6) is 17.2 Å². The van der Waals surface area contributed by atoms with Gasteiger partial charge in [0.25, 0.3) is 5.91 Å². The first-order chi connectivity index (χ1) is 17.1. The Morgan fingerprint density at radius 1 is 1.03 bits per heavy atom. The van der Waals surface area contributed by atoms with Gasteiger partial charge in [-0.15, -0.1) is 0 Å². The van der Waals surface area contributed by atoms with Gasteiger partial charge in [0.1, 0.15) is 17.6 Å². The lowest BCUT2D eigenvalue weighted by atomic mass is 9.98. The van der Waals surface area contributed by atoms with E-state index < -0.39 is 0 Å². The van der Waals surface area contributed by atoms with E-state index in [4.69, 9.17) is 23.7 Å². The molecule has 0 unspecified atom stereocenters. The zero-order valence-corrected chi connectivity index (χ0v) is 20.2. The predicted octanol–water partition coefficient (Wildman–Crippen LogP) is 4.04. The molecule has 0 saturated heterocycles. The number of fused-ring (bicyclic) bond motifs is 1. The van der Waals surface area contributed by atoms with Gasteiger partial charge in [0.2, 0.25) is 0 Å². The summed E-state index contributed by atoms with van der Waals surface area (Å²) in [5.74, 6) is 2.88. The predicted molar refractivity (Wildman–Crippen MR) is 131 cm³/mol. The molecule has 1 aromatic heterocycles. The van der Waals surface area contributed by atoms with Gasteiger partial charge in [-0.3, -0.25) is 9.69 Å². The van der Waals surface area contributed by atoms with Crippen molar-refractivity contribution in [3.05, 3.63) is 77.2 Å². The van der Waals surface area contributed by atoms with Gasteiger partial charge >= 0.3 is 0 Å². The maximum atomic E-state index is 13.5. The number of carbonyl (C=O) groups is 1. The molecule has 2 aliphatic heterocycles. The lowest BCUT2D eigenvalue weighted by molar-refractivity contribution is -0.134. The van der Waals surface area contributed by atoms with Crippen LogP contribution in [-0.2, 0) is 17.8 Å². The lowest BCUT2D eigenvalue weighted by Gasteiger charge is -2.30. The van der Waals surface area contributed by atoms with Gasteiger partial charge in [0, 0.05) is 19.5 Å².